The van der Waals surface area contributed by atoms with Crippen LogP contribution in [0.3, 0.4) is 0 Å². The Labute approximate surface area is 560 Å². The largest absolute Gasteiger partial charge is 0.492 e. The first-order valence-corrected chi connectivity index (χ1v) is 36.6. The quantitative estimate of drug-likeness (QED) is 0.0315. The van der Waals surface area contributed by atoms with E-state index in [4.69, 9.17) is 17.4 Å². The summed E-state index contributed by atoms with van der Waals surface area (Å²) in [5.74, 6) is 3.91. The van der Waals surface area contributed by atoms with E-state index in [-0.39, 0.29) is 47.5 Å². The fourth-order valence-corrected chi connectivity index (χ4v) is 14.7. The molecule has 2 saturated carbocycles. The second-order valence-corrected chi connectivity index (χ2v) is 28.4. The fourth-order valence-electron chi connectivity index (χ4n) is 13.7. The van der Waals surface area contributed by atoms with Crippen molar-refractivity contribution >= 4 is 66.2 Å². The lowest BCUT2D eigenvalue weighted by Crippen LogP contribution is -2.52. The van der Waals surface area contributed by atoms with E-state index in [2.05, 4.69) is 128 Å². The van der Waals surface area contributed by atoms with Crippen LogP contribution in [-0.2, 0) is 14.4 Å². The summed E-state index contributed by atoms with van der Waals surface area (Å²) in [4.78, 5) is 54.5. The van der Waals surface area contributed by atoms with Crippen LogP contribution in [0.1, 0.15) is 280 Å². The maximum atomic E-state index is 13.7. The average Bonchev–Trinajstić information content (AvgIpc) is 1.53. The number of carbonyl (C=O) groups is 4. The van der Waals surface area contributed by atoms with Gasteiger partial charge < -0.3 is 25.3 Å². The van der Waals surface area contributed by atoms with Gasteiger partial charge in [0, 0.05) is 59.3 Å². The number of aliphatic hydroxyl groups excluding tert-OH is 1. The molecule has 2 aliphatic heterocycles. The lowest BCUT2D eigenvalue weighted by Gasteiger charge is -2.40. The number of fused-ring (bicyclic) bond motifs is 1. The number of thioether (sulfide) groups is 1. The standard InChI is InChI=1S/C36H55BN3O3.C21H34N2OS.C10H17FO.C6H12.C2H4O.C2H6/c1-8-15-28(16-12-11-13-22-41)29-24-27(6)32(25-33(29)43-23-21-39(19-9-2)20-10-3)40(7)31-18-14-17-30(37)34(31)36(42)38-35(40)26(4)5;1-5-7-9-19(8-6-2)21(24)23-15(3)17-10-12-18(13-11-17)20-16(4)22-14-25-20;1-7(12)8(9(2,3)4)10(11)5-6-10;1-6-4-2-3-5-6;1-2-3;1-2/h14,17-18,24-26,28,41H,8-13,15-16,19-23H2,1-7H3;10,12,15,19,22H,5-9,11,13-14H2,1-4H3,(H,23,24);8H,5-6H2,1-4H3;6H,2-5H2,1H3;2H,1H3;1-2H3/q+1;;;;;/t;15-,19?;;;;/m.0..../s1. The Morgan fingerprint density at radius 2 is 1.54 bits per heavy atom. The van der Waals surface area contributed by atoms with Crippen molar-refractivity contribution in [3.8, 4) is 5.75 Å². The molecule has 5 aliphatic rings. The molecule has 5 atom stereocenters. The molecular formula is C77H128BFN5O6S+. The van der Waals surface area contributed by atoms with Crippen molar-refractivity contribution in [3.63, 3.8) is 0 Å². The van der Waals surface area contributed by atoms with E-state index in [1.165, 1.54) is 66.8 Å². The Balaban J connectivity index is 0.000000487. The summed E-state index contributed by atoms with van der Waals surface area (Å²) in [6.07, 6.45) is 28.3. The Kier molecular flexibility index (Phi) is 39.0. The van der Waals surface area contributed by atoms with Gasteiger partial charge in [0.2, 0.25) is 11.7 Å². The van der Waals surface area contributed by atoms with E-state index in [9.17, 15) is 23.9 Å². The molecule has 14 heteroatoms. The normalized spacial score (nSPS) is 18.6. The Hall–Kier alpha value is -4.37. The van der Waals surface area contributed by atoms with Crippen molar-refractivity contribution in [1.82, 2.24) is 20.0 Å². The topological polar surface area (TPSA) is 137 Å². The summed E-state index contributed by atoms with van der Waals surface area (Å²) in [6, 6.07) is 10.4. The third-order valence-electron chi connectivity index (χ3n) is 18.2. The predicted octanol–water partition coefficient (Wildman–Crippen LogP) is 18.6. The molecule has 2 heterocycles. The molecule has 0 bridgehead atoms. The summed E-state index contributed by atoms with van der Waals surface area (Å²) in [6.45, 7) is 40.7. The van der Waals surface area contributed by atoms with Gasteiger partial charge in [0.15, 0.2) is 11.4 Å². The summed E-state index contributed by atoms with van der Waals surface area (Å²) < 4.78 is 20.7. The number of quaternary nitrogens is 1. The van der Waals surface area contributed by atoms with E-state index in [0.29, 0.717) is 40.9 Å². The molecule has 0 spiro atoms. The number of amidine groups is 1. The third-order valence-corrected chi connectivity index (χ3v) is 19.3. The van der Waals surface area contributed by atoms with Crippen molar-refractivity contribution in [2.24, 2.45) is 34.1 Å². The molecule has 512 valence electrons. The minimum absolute atomic E-state index is 0.0116. The number of Topliss-reactive ketones (excluding diaryl/α,β-unsaturated/α-hetero) is 1. The Morgan fingerprint density at radius 3 is 2.01 bits per heavy atom. The summed E-state index contributed by atoms with van der Waals surface area (Å²) in [7, 11) is 8.52. The molecule has 2 aromatic carbocycles. The number of aliphatic hydroxyl groups is 1. The second kappa shape index (κ2) is 42.9. The molecule has 0 saturated heterocycles. The van der Waals surface area contributed by atoms with Gasteiger partial charge in [0.05, 0.1) is 24.4 Å². The summed E-state index contributed by atoms with van der Waals surface area (Å²) in [5.41, 5.74) is 7.94. The second-order valence-electron chi connectivity index (χ2n) is 27.4. The number of allylic oxidation sites excluding steroid dienone is 4. The highest BCUT2D eigenvalue weighted by molar-refractivity contribution is 8.03. The molecule has 4 unspecified atom stereocenters. The maximum Gasteiger partial charge on any atom is 0.287 e. The predicted molar refractivity (Wildman–Crippen MR) is 389 cm³/mol. The number of aryl methyl sites for hydroxylation is 1. The van der Waals surface area contributed by atoms with Gasteiger partial charge in [-0.1, -0.05) is 184 Å². The highest BCUT2D eigenvalue weighted by atomic mass is 32.2. The molecule has 3 aliphatic carbocycles. The first-order chi connectivity index (χ1) is 43.3. The number of benzene rings is 2. The van der Waals surface area contributed by atoms with Gasteiger partial charge in [-0.15, -0.1) is 11.8 Å². The zero-order valence-corrected chi connectivity index (χ0v) is 61.7. The number of nitrogens with one attached hydrogen (secondary N) is 2. The van der Waals surface area contributed by atoms with Gasteiger partial charge in [-0.25, -0.2) is 8.87 Å². The van der Waals surface area contributed by atoms with Crippen LogP contribution in [0.5, 0.6) is 5.75 Å². The maximum absolute atomic E-state index is 13.7. The third kappa shape index (κ3) is 26.1. The number of unbranched alkanes of at least 4 members (excludes halogenated alkanes) is 3. The van der Waals surface area contributed by atoms with Crippen LogP contribution in [0.4, 0.5) is 15.8 Å². The van der Waals surface area contributed by atoms with Gasteiger partial charge >= 0.3 is 0 Å². The van der Waals surface area contributed by atoms with Crippen molar-refractivity contribution in [2.45, 2.75) is 277 Å². The SMILES string of the molecule is CC.CC(=O)C(C(C)(C)C)C1(F)CC1.CC1CCCC1.CC=O.CCCCC(CCC)C(=O)N[C@@H](C)C1=CC=C(C2=C(C)NCS2)CC1.[B]c1cccc2c1C(=O)N=C(C(C)C)[N+]2(C)c1cc(OCCN(CCC)CCC)c(C(CCC)CCCCCO)cc1C. The van der Waals surface area contributed by atoms with Gasteiger partial charge in [-0.05, 0) is 158 Å². The van der Waals surface area contributed by atoms with Crippen LogP contribution in [0.15, 0.2) is 69.2 Å². The molecule has 2 fully saturated rings. The minimum atomic E-state index is -1.18. The van der Waals surface area contributed by atoms with E-state index in [0.717, 1.165) is 163 Å². The van der Waals surface area contributed by atoms with Crippen molar-refractivity contribution in [1.29, 1.82) is 0 Å². The van der Waals surface area contributed by atoms with Gasteiger partial charge in [-0.2, -0.15) is 4.99 Å². The van der Waals surface area contributed by atoms with E-state index in [1.54, 1.807) is 6.07 Å². The number of rotatable bonds is 29. The smallest absolute Gasteiger partial charge is 0.287 e. The average molecular weight is 1280 g/mol. The van der Waals surface area contributed by atoms with Crippen LogP contribution >= 0.6 is 11.8 Å². The number of ketones is 1. The summed E-state index contributed by atoms with van der Waals surface area (Å²) in [5, 5.41) is 16.0. The van der Waals surface area contributed by atoms with E-state index >= 15 is 0 Å². The van der Waals surface area contributed by atoms with Crippen LogP contribution in [0.2, 0.25) is 0 Å². The van der Waals surface area contributed by atoms with Crippen molar-refractivity contribution in [3.05, 3.63) is 80.9 Å². The van der Waals surface area contributed by atoms with Crippen molar-refractivity contribution < 1.29 is 33.4 Å². The van der Waals surface area contributed by atoms with Crippen LogP contribution in [0.25, 0.3) is 0 Å². The zero-order chi connectivity index (χ0) is 68.5. The number of amides is 2. The molecule has 2 radical (unpaired) electrons. The number of nitrogens with zero attached hydrogens (tertiary/aromatic N) is 3. The molecule has 0 aromatic heterocycles. The number of ether oxygens (including phenoxy) is 1. The van der Waals surface area contributed by atoms with Gasteiger partial charge in [0.25, 0.3) is 5.91 Å². The first-order valence-electron chi connectivity index (χ1n) is 35.6. The lowest BCUT2D eigenvalue weighted by molar-refractivity contribution is -0.128. The molecule has 7 rings (SSSR count). The highest BCUT2D eigenvalue weighted by Crippen LogP contribution is 2.53. The Bertz CT molecular complexity index is 2640. The van der Waals surface area contributed by atoms with Gasteiger partial charge in [-0.3, -0.25) is 19.3 Å². The Morgan fingerprint density at radius 1 is 0.901 bits per heavy atom. The molecule has 2 amide bonds. The first kappa shape index (κ1) is 82.7. The number of halogens is 1. The van der Waals surface area contributed by atoms with E-state index in [1.807, 2.05) is 58.5 Å². The molecular weight excluding hydrogens is 1150 g/mol. The molecule has 2 aromatic rings. The number of aldehydes is 1. The number of carbonyl (C=O) groups excluding carboxylic acids is 4. The molecule has 91 heavy (non-hydrogen) atoms. The highest BCUT2D eigenvalue weighted by Gasteiger charge is 2.56. The van der Waals surface area contributed by atoms with Crippen LogP contribution in [0, 0.1) is 36.0 Å². The van der Waals surface area contributed by atoms with Crippen LogP contribution < -0.4 is 25.3 Å². The van der Waals surface area contributed by atoms with Crippen LogP contribution in [-0.4, -0.2) is 105 Å². The molecule has 11 nitrogen and oxygen atoms in total. The minimum Gasteiger partial charge on any atom is -0.492 e. The fraction of sp³-hybridized carbons (Fsp3) is 0.701. The number of aliphatic imine (C=N–C) groups is 1. The van der Waals surface area contributed by atoms with Gasteiger partial charge in [0.1, 0.15) is 37.9 Å². The summed E-state index contributed by atoms with van der Waals surface area (Å²) >= 11 is 1.90. The lowest BCUT2D eigenvalue weighted by atomic mass is 9.74. The van der Waals surface area contributed by atoms with Crippen molar-refractivity contribution in [2.75, 3.05) is 45.8 Å². The number of hydrogen-bond donors (Lipinski definition) is 3. The monoisotopic (exact) mass is 1280 g/mol. The molecule has 3 N–H and O–H groups in total. The number of hydrogen-bond acceptors (Lipinski definition) is 9. The number of alkyl halides is 1. The zero-order valence-electron chi connectivity index (χ0n) is 60.9. The van der Waals surface area contributed by atoms with E-state index < -0.39 is 11.6 Å².